The van der Waals surface area contributed by atoms with E-state index in [4.69, 9.17) is 22.1 Å². The number of halogens is 2. The topological polar surface area (TPSA) is 157 Å². The third-order valence-electron chi connectivity index (χ3n) is 9.49. The number of carbonyl (C=O) groups excluding carboxylic acids is 5. The average Bonchev–Trinajstić information content (AvgIpc) is 3.29. The van der Waals surface area contributed by atoms with Gasteiger partial charge in [-0.25, -0.2) is 9.18 Å². The average molecular weight is 685 g/mol. The smallest absolute Gasteiger partial charge is 0.408 e. The number of alkyl carbamates (subject to hydrolysis) is 1. The molecule has 5 N–H and O–H groups in total. The quantitative estimate of drug-likeness (QED) is 0.207. The summed E-state index contributed by atoms with van der Waals surface area (Å²) < 4.78 is 20.5. The second kappa shape index (κ2) is 15.5. The van der Waals surface area contributed by atoms with E-state index in [0.717, 1.165) is 37.7 Å². The van der Waals surface area contributed by atoms with Gasteiger partial charge in [0.1, 0.15) is 18.0 Å². The van der Waals surface area contributed by atoms with E-state index >= 15 is 0 Å². The molecule has 0 radical (unpaired) electrons. The highest BCUT2D eigenvalue weighted by molar-refractivity contribution is 6.38. The first-order chi connectivity index (χ1) is 22.6. The Labute approximate surface area is 286 Å². The fourth-order valence-electron chi connectivity index (χ4n) is 6.96. The maximum Gasteiger partial charge on any atom is 0.408 e. The highest BCUT2D eigenvalue weighted by atomic mass is 35.5. The minimum Gasteiger partial charge on any atom is -0.440 e. The zero-order valence-corrected chi connectivity index (χ0v) is 28.7. The van der Waals surface area contributed by atoms with E-state index < -0.39 is 64.6 Å². The lowest BCUT2D eigenvalue weighted by molar-refractivity contribution is -0.139. The summed E-state index contributed by atoms with van der Waals surface area (Å²) in [5.74, 6) is -4.30. The van der Waals surface area contributed by atoms with Gasteiger partial charge < -0.3 is 26.4 Å². The molecule has 1 aliphatic heterocycles. The lowest BCUT2D eigenvalue weighted by Gasteiger charge is -2.35. The van der Waals surface area contributed by atoms with Crippen LogP contribution in [0.3, 0.4) is 0 Å². The van der Waals surface area contributed by atoms with Crippen LogP contribution < -0.4 is 21.7 Å². The van der Waals surface area contributed by atoms with Crippen LogP contribution in [-0.4, -0.2) is 47.2 Å². The van der Waals surface area contributed by atoms with E-state index in [2.05, 4.69) is 16.0 Å². The van der Waals surface area contributed by atoms with E-state index in [1.807, 2.05) is 33.8 Å². The Hall–Kier alpha value is -3.99. The highest BCUT2D eigenvalue weighted by Gasteiger charge is 2.42. The SMILES string of the molecule is CC1(C)CC(CC(NC(=O)[C@H](CC2CCCCC2)NC(=O)OC(c2cccc(F)c2)C(C)(C)c2cccc(Cl)c2)C(=O)C(N)=O)C(=O)N1. The molecule has 1 saturated heterocycles. The fourth-order valence-corrected chi connectivity index (χ4v) is 7.15. The van der Waals surface area contributed by atoms with Gasteiger partial charge in [0.25, 0.3) is 5.91 Å². The first kappa shape index (κ1) is 36.8. The monoisotopic (exact) mass is 684 g/mol. The number of nitrogens with two attached hydrogens (primary N) is 1. The molecule has 2 fully saturated rings. The van der Waals surface area contributed by atoms with Crippen LogP contribution >= 0.6 is 11.6 Å². The number of rotatable bonds is 13. The van der Waals surface area contributed by atoms with Gasteiger partial charge >= 0.3 is 6.09 Å². The number of benzene rings is 2. The van der Waals surface area contributed by atoms with Crippen LogP contribution in [0.4, 0.5) is 9.18 Å². The van der Waals surface area contributed by atoms with Crippen LogP contribution in [0.25, 0.3) is 0 Å². The minimum atomic E-state index is -1.37. The van der Waals surface area contributed by atoms with Crippen LogP contribution in [0, 0.1) is 17.7 Å². The third-order valence-corrected chi connectivity index (χ3v) is 9.72. The highest BCUT2D eigenvalue weighted by Crippen LogP contribution is 2.41. The van der Waals surface area contributed by atoms with Gasteiger partial charge in [-0.15, -0.1) is 0 Å². The number of amides is 4. The Morgan fingerprint density at radius 2 is 1.71 bits per heavy atom. The molecule has 1 aliphatic carbocycles. The van der Waals surface area contributed by atoms with Crippen molar-refractivity contribution < 1.29 is 33.1 Å². The summed E-state index contributed by atoms with van der Waals surface area (Å²) in [7, 11) is 0. The first-order valence-corrected chi connectivity index (χ1v) is 16.9. The molecule has 2 aliphatic rings. The number of ketones is 1. The van der Waals surface area contributed by atoms with Crippen LogP contribution in [0.15, 0.2) is 48.5 Å². The van der Waals surface area contributed by atoms with E-state index in [1.165, 1.54) is 18.2 Å². The summed E-state index contributed by atoms with van der Waals surface area (Å²) in [6.07, 6.45) is 3.35. The van der Waals surface area contributed by atoms with Crippen molar-refractivity contribution in [3.05, 3.63) is 70.5 Å². The summed E-state index contributed by atoms with van der Waals surface area (Å²) in [5, 5.41) is 8.65. The number of ether oxygens (including phenoxy) is 1. The lowest BCUT2D eigenvalue weighted by Crippen LogP contribution is -2.54. The lowest BCUT2D eigenvalue weighted by atomic mass is 9.76. The zero-order chi connectivity index (χ0) is 35.2. The molecule has 0 aromatic heterocycles. The second-order valence-corrected chi connectivity index (χ2v) is 14.7. The summed E-state index contributed by atoms with van der Waals surface area (Å²) in [5.41, 5.74) is 5.05. The van der Waals surface area contributed by atoms with Crippen molar-refractivity contribution in [1.82, 2.24) is 16.0 Å². The number of Topliss-reactive ketones (excluding diaryl/α,β-unsaturated/α-hetero) is 1. The summed E-state index contributed by atoms with van der Waals surface area (Å²) in [6.45, 7) is 7.37. The van der Waals surface area contributed by atoms with Crippen molar-refractivity contribution in [2.24, 2.45) is 17.6 Å². The fraction of sp³-hybridized carbons (Fsp3) is 0.528. The molecule has 48 heavy (non-hydrogen) atoms. The van der Waals surface area contributed by atoms with Gasteiger partial charge in [0.05, 0.1) is 6.04 Å². The molecular weight excluding hydrogens is 639 g/mol. The summed E-state index contributed by atoms with van der Waals surface area (Å²) in [6, 6.07) is 10.3. The molecule has 260 valence electrons. The van der Waals surface area contributed by atoms with Gasteiger partial charge in [0, 0.05) is 21.9 Å². The minimum absolute atomic E-state index is 0.114. The molecule has 4 atom stereocenters. The van der Waals surface area contributed by atoms with Crippen LogP contribution in [0.2, 0.25) is 5.02 Å². The maximum absolute atomic E-state index is 14.4. The normalized spacial score (nSPS) is 19.8. The predicted octanol–water partition coefficient (Wildman–Crippen LogP) is 5.41. The molecule has 12 heteroatoms. The van der Waals surface area contributed by atoms with Crippen molar-refractivity contribution in [2.45, 2.75) is 108 Å². The van der Waals surface area contributed by atoms with Gasteiger partial charge in [0.2, 0.25) is 17.6 Å². The van der Waals surface area contributed by atoms with Gasteiger partial charge in [-0.3, -0.25) is 19.2 Å². The molecule has 10 nitrogen and oxygen atoms in total. The van der Waals surface area contributed by atoms with Gasteiger partial charge in [-0.05, 0) is 74.4 Å². The molecule has 0 bridgehead atoms. The molecule has 1 heterocycles. The van der Waals surface area contributed by atoms with Crippen LogP contribution in [0.1, 0.15) is 96.3 Å². The zero-order valence-electron chi connectivity index (χ0n) is 27.9. The molecule has 3 unspecified atom stereocenters. The van der Waals surface area contributed by atoms with Crippen molar-refractivity contribution >= 4 is 41.2 Å². The Bertz CT molecular complexity index is 1530. The number of carbonyl (C=O) groups is 5. The maximum atomic E-state index is 14.4. The Morgan fingerprint density at radius 3 is 2.31 bits per heavy atom. The van der Waals surface area contributed by atoms with Crippen LogP contribution in [-0.2, 0) is 29.3 Å². The van der Waals surface area contributed by atoms with Crippen molar-refractivity contribution in [2.75, 3.05) is 0 Å². The molecule has 2 aromatic rings. The third kappa shape index (κ3) is 9.55. The molecule has 0 spiro atoms. The van der Waals surface area contributed by atoms with Crippen molar-refractivity contribution in [3.63, 3.8) is 0 Å². The van der Waals surface area contributed by atoms with E-state index in [0.29, 0.717) is 17.0 Å². The first-order valence-electron chi connectivity index (χ1n) is 16.5. The van der Waals surface area contributed by atoms with E-state index in [-0.39, 0.29) is 24.7 Å². The summed E-state index contributed by atoms with van der Waals surface area (Å²) >= 11 is 6.29. The van der Waals surface area contributed by atoms with E-state index in [1.54, 1.807) is 24.3 Å². The molecule has 4 amide bonds. The molecule has 2 aromatic carbocycles. The summed E-state index contributed by atoms with van der Waals surface area (Å²) in [4.78, 5) is 65.1. The largest absolute Gasteiger partial charge is 0.440 e. The standard InChI is InChI=1S/C36H46ClFN4O6/c1-35(2)20-23(32(45)42-35)18-27(29(43)31(39)44)40-33(46)28(16-21-10-6-5-7-11-21)41-34(47)48-30(22-12-8-15-26(38)17-22)36(3,4)24-13-9-14-25(37)19-24/h8-9,12-15,17,19,21,23,27-28,30H,5-7,10-11,16,18,20H2,1-4H3,(H2,39,44)(H,40,46)(H,41,47)(H,42,45)/t23?,27?,28-,30?/m0/s1. The number of hydrogen-bond donors (Lipinski definition) is 4. The number of hydrogen-bond acceptors (Lipinski definition) is 6. The van der Waals surface area contributed by atoms with Gasteiger partial charge in [-0.2, -0.15) is 0 Å². The number of nitrogens with one attached hydrogen (secondary N) is 3. The Morgan fingerprint density at radius 1 is 1.02 bits per heavy atom. The van der Waals surface area contributed by atoms with E-state index in [9.17, 15) is 28.4 Å². The van der Waals surface area contributed by atoms with Crippen molar-refractivity contribution in [3.8, 4) is 0 Å². The molecule has 1 saturated carbocycles. The second-order valence-electron chi connectivity index (χ2n) is 14.3. The molecular formula is C36H46ClFN4O6. The van der Waals surface area contributed by atoms with Gasteiger partial charge in [-0.1, -0.05) is 81.8 Å². The Balaban J connectivity index is 1.59. The van der Waals surface area contributed by atoms with Gasteiger partial charge in [0.15, 0.2) is 0 Å². The Kier molecular flexibility index (Phi) is 11.9. The van der Waals surface area contributed by atoms with Crippen LogP contribution in [0.5, 0.6) is 0 Å². The number of primary amides is 1. The predicted molar refractivity (Wildman–Crippen MR) is 179 cm³/mol. The van der Waals surface area contributed by atoms with Crippen molar-refractivity contribution in [1.29, 1.82) is 0 Å². The molecule has 4 rings (SSSR count).